The predicted molar refractivity (Wildman–Crippen MR) is 112 cm³/mol. The first-order valence-electron chi connectivity index (χ1n) is 9.17. The number of thiazole rings is 1. The summed E-state index contributed by atoms with van der Waals surface area (Å²) in [4.78, 5) is 30.1. The second-order valence-corrected chi connectivity index (χ2v) is 7.71. The summed E-state index contributed by atoms with van der Waals surface area (Å²) in [5, 5.41) is 8.04. The molecule has 2 N–H and O–H groups in total. The van der Waals surface area contributed by atoms with Crippen LogP contribution in [0.25, 0.3) is 0 Å². The molecule has 0 aliphatic carbocycles. The highest BCUT2D eigenvalue weighted by molar-refractivity contribution is 7.13. The normalized spacial score (nSPS) is 12.0. The van der Waals surface area contributed by atoms with Gasteiger partial charge in [0.15, 0.2) is 5.13 Å². The molecular formula is C22H23N3O2S. The zero-order valence-corrected chi connectivity index (χ0v) is 16.6. The van der Waals surface area contributed by atoms with Crippen LogP contribution < -0.4 is 10.6 Å². The van der Waals surface area contributed by atoms with Crippen LogP contribution in [-0.4, -0.2) is 22.8 Å². The number of nitrogens with one attached hydrogen (secondary N) is 2. The Kier molecular flexibility index (Phi) is 6.55. The van der Waals surface area contributed by atoms with E-state index >= 15 is 0 Å². The van der Waals surface area contributed by atoms with Gasteiger partial charge in [0.05, 0.1) is 5.92 Å². The quantitative estimate of drug-likeness (QED) is 0.636. The molecule has 2 amide bonds. The van der Waals surface area contributed by atoms with Crippen molar-refractivity contribution in [3.63, 3.8) is 0 Å². The summed E-state index contributed by atoms with van der Waals surface area (Å²) in [6.45, 7) is 3.82. The molecule has 28 heavy (non-hydrogen) atoms. The van der Waals surface area contributed by atoms with E-state index in [2.05, 4.69) is 15.6 Å². The van der Waals surface area contributed by atoms with Crippen molar-refractivity contribution in [2.45, 2.75) is 25.8 Å². The van der Waals surface area contributed by atoms with Gasteiger partial charge in [0.25, 0.3) is 0 Å². The minimum absolute atomic E-state index is 0.0730. The first-order chi connectivity index (χ1) is 13.6. The Labute approximate surface area is 168 Å². The lowest BCUT2D eigenvalue weighted by atomic mass is 9.89. The lowest BCUT2D eigenvalue weighted by Crippen LogP contribution is -2.48. The molecule has 3 aromatic rings. The van der Waals surface area contributed by atoms with Crippen molar-refractivity contribution in [3.8, 4) is 0 Å². The molecule has 0 saturated heterocycles. The minimum Gasteiger partial charge on any atom is -0.343 e. The fourth-order valence-corrected chi connectivity index (χ4v) is 3.56. The minimum atomic E-state index is -0.661. The third kappa shape index (κ3) is 4.84. The van der Waals surface area contributed by atoms with Crippen molar-refractivity contribution >= 4 is 28.3 Å². The maximum absolute atomic E-state index is 13.3. The number of hydrogen-bond acceptors (Lipinski definition) is 4. The third-order valence-electron chi connectivity index (χ3n) is 4.44. The van der Waals surface area contributed by atoms with Gasteiger partial charge in [-0.25, -0.2) is 4.98 Å². The highest BCUT2D eigenvalue weighted by atomic mass is 32.1. The molecule has 1 heterocycles. The second kappa shape index (κ2) is 9.28. The van der Waals surface area contributed by atoms with E-state index < -0.39 is 12.0 Å². The molecule has 5 nitrogen and oxygen atoms in total. The van der Waals surface area contributed by atoms with Gasteiger partial charge in [-0.15, -0.1) is 11.3 Å². The Balaban J connectivity index is 1.84. The molecule has 144 valence electrons. The average Bonchev–Trinajstić information content (AvgIpc) is 3.20. The number of carbonyl (C=O) groups excluding carboxylic acids is 2. The van der Waals surface area contributed by atoms with Gasteiger partial charge < -0.3 is 10.6 Å². The fourth-order valence-electron chi connectivity index (χ4n) is 3.03. The van der Waals surface area contributed by atoms with E-state index in [1.54, 1.807) is 11.6 Å². The summed E-state index contributed by atoms with van der Waals surface area (Å²) in [5.41, 5.74) is 1.77. The topological polar surface area (TPSA) is 71.1 Å². The van der Waals surface area contributed by atoms with Crippen LogP contribution in [0.15, 0.2) is 72.2 Å². The van der Waals surface area contributed by atoms with E-state index in [0.717, 1.165) is 11.1 Å². The molecule has 0 aliphatic heterocycles. The first kappa shape index (κ1) is 19.8. The third-order valence-corrected chi connectivity index (χ3v) is 5.13. The van der Waals surface area contributed by atoms with E-state index in [0.29, 0.717) is 5.13 Å². The Bertz CT molecular complexity index is 857. The number of anilines is 1. The second-order valence-electron chi connectivity index (χ2n) is 6.81. The van der Waals surface area contributed by atoms with Crippen molar-refractivity contribution in [2.75, 3.05) is 5.32 Å². The summed E-state index contributed by atoms with van der Waals surface area (Å²) >= 11 is 1.34. The maximum atomic E-state index is 13.3. The Morgan fingerprint density at radius 1 is 0.893 bits per heavy atom. The lowest BCUT2D eigenvalue weighted by molar-refractivity contribution is -0.127. The van der Waals surface area contributed by atoms with Crippen LogP contribution in [0.4, 0.5) is 5.13 Å². The van der Waals surface area contributed by atoms with Gasteiger partial charge in [-0.1, -0.05) is 74.5 Å². The van der Waals surface area contributed by atoms with E-state index in [4.69, 9.17) is 0 Å². The number of benzene rings is 2. The number of rotatable bonds is 7. The Morgan fingerprint density at radius 3 is 1.93 bits per heavy atom. The summed E-state index contributed by atoms with van der Waals surface area (Å²) in [6.07, 6.45) is 1.63. The molecule has 0 aliphatic rings. The van der Waals surface area contributed by atoms with Gasteiger partial charge in [0.2, 0.25) is 11.8 Å². The van der Waals surface area contributed by atoms with E-state index in [9.17, 15) is 9.59 Å². The molecule has 0 radical (unpaired) electrons. The summed E-state index contributed by atoms with van der Waals surface area (Å²) < 4.78 is 0. The van der Waals surface area contributed by atoms with Gasteiger partial charge in [-0.3, -0.25) is 9.59 Å². The van der Waals surface area contributed by atoms with Crippen LogP contribution >= 0.6 is 11.3 Å². The zero-order chi connectivity index (χ0) is 19.9. The summed E-state index contributed by atoms with van der Waals surface area (Å²) in [6, 6.07) is 18.5. The van der Waals surface area contributed by atoms with Gasteiger partial charge >= 0.3 is 0 Å². The van der Waals surface area contributed by atoms with Crippen molar-refractivity contribution in [2.24, 2.45) is 5.92 Å². The molecule has 0 bridgehead atoms. The molecule has 6 heteroatoms. The summed E-state index contributed by atoms with van der Waals surface area (Å²) in [5.74, 6) is -1.03. The van der Waals surface area contributed by atoms with Gasteiger partial charge in [-0.05, 0) is 17.0 Å². The number of aromatic nitrogens is 1. The Hall–Kier alpha value is -2.99. The number of nitrogens with zero attached hydrogens (tertiary/aromatic N) is 1. The molecule has 0 saturated carbocycles. The molecule has 1 atom stereocenters. The van der Waals surface area contributed by atoms with E-state index in [1.165, 1.54) is 11.3 Å². The molecule has 0 fully saturated rings. The molecule has 0 spiro atoms. The van der Waals surface area contributed by atoms with Gasteiger partial charge in [-0.2, -0.15) is 0 Å². The summed E-state index contributed by atoms with van der Waals surface area (Å²) in [7, 11) is 0. The van der Waals surface area contributed by atoms with Crippen LogP contribution in [0.5, 0.6) is 0 Å². The largest absolute Gasteiger partial charge is 0.343 e. The number of amides is 2. The van der Waals surface area contributed by atoms with Crippen molar-refractivity contribution in [3.05, 3.63) is 83.4 Å². The van der Waals surface area contributed by atoms with Gasteiger partial charge in [0, 0.05) is 11.6 Å². The smallest absolute Gasteiger partial charge is 0.248 e. The molecule has 2 aromatic carbocycles. The van der Waals surface area contributed by atoms with Crippen molar-refractivity contribution in [1.29, 1.82) is 0 Å². The Morgan fingerprint density at radius 2 is 1.46 bits per heavy atom. The highest BCUT2D eigenvalue weighted by Gasteiger charge is 2.29. The van der Waals surface area contributed by atoms with E-state index in [1.807, 2.05) is 74.5 Å². The van der Waals surface area contributed by atoms with E-state index in [-0.39, 0.29) is 17.7 Å². The molecular weight excluding hydrogens is 370 g/mol. The molecule has 0 unspecified atom stereocenters. The van der Waals surface area contributed by atoms with Crippen LogP contribution in [0.3, 0.4) is 0 Å². The fraction of sp³-hybridized carbons (Fsp3) is 0.227. The molecule has 3 rings (SSSR count). The van der Waals surface area contributed by atoms with Crippen LogP contribution in [0.1, 0.15) is 30.9 Å². The maximum Gasteiger partial charge on any atom is 0.248 e. The van der Waals surface area contributed by atoms with Crippen LogP contribution in [-0.2, 0) is 9.59 Å². The number of hydrogen-bond donors (Lipinski definition) is 2. The van der Waals surface area contributed by atoms with Gasteiger partial charge in [0.1, 0.15) is 6.04 Å². The van der Waals surface area contributed by atoms with Crippen molar-refractivity contribution in [1.82, 2.24) is 10.3 Å². The SMILES string of the molecule is CC(C)[C@@H](NC(=O)C(c1ccccc1)c1ccccc1)C(=O)Nc1nccs1. The molecule has 1 aromatic heterocycles. The monoisotopic (exact) mass is 393 g/mol. The average molecular weight is 394 g/mol. The van der Waals surface area contributed by atoms with Crippen LogP contribution in [0, 0.1) is 5.92 Å². The number of carbonyl (C=O) groups is 2. The predicted octanol–water partition coefficient (Wildman–Crippen LogP) is 4.05. The highest BCUT2D eigenvalue weighted by Crippen LogP contribution is 2.25. The van der Waals surface area contributed by atoms with Crippen LogP contribution in [0.2, 0.25) is 0 Å². The lowest BCUT2D eigenvalue weighted by Gasteiger charge is -2.25. The zero-order valence-electron chi connectivity index (χ0n) is 15.8. The standard InChI is InChI=1S/C22H23N3O2S/c1-15(2)19(21(27)25-22-23-13-14-28-22)24-20(26)18(16-9-5-3-6-10-16)17-11-7-4-8-12-17/h3-15,18-19H,1-2H3,(H,24,26)(H,23,25,27)/t19-/m1/s1. The first-order valence-corrected chi connectivity index (χ1v) is 10.0. The van der Waals surface area contributed by atoms with Crippen molar-refractivity contribution < 1.29 is 9.59 Å².